The summed E-state index contributed by atoms with van der Waals surface area (Å²) in [5, 5.41) is 20.6. The van der Waals surface area contributed by atoms with Gasteiger partial charge < -0.3 is 9.84 Å². The highest BCUT2D eigenvalue weighted by Crippen LogP contribution is 2.36. The zero-order valence-electron chi connectivity index (χ0n) is 8.85. The number of benzene rings is 1. The van der Waals surface area contributed by atoms with Crippen LogP contribution in [0.5, 0.6) is 5.75 Å². The smallest absolute Gasteiger partial charge is 0.316 e. The topological polar surface area (TPSA) is 72.6 Å². The molecule has 0 spiro atoms. The van der Waals surface area contributed by atoms with E-state index in [2.05, 4.69) is 0 Å². The lowest BCUT2D eigenvalue weighted by Crippen LogP contribution is -2.17. The SMILES string of the molecule is COc1cccc(C(C)(C)O)c1[N+](=O)[O-]. The Morgan fingerprint density at radius 3 is 2.47 bits per heavy atom. The van der Waals surface area contributed by atoms with Gasteiger partial charge in [0, 0.05) is 0 Å². The molecule has 0 amide bonds. The van der Waals surface area contributed by atoms with Gasteiger partial charge in [0.15, 0.2) is 5.75 Å². The third-order valence-electron chi connectivity index (χ3n) is 2.06. The Kier molecular flexibility index (Phi) is 2.95. The first-order valence-corrected chi connectivity index (χ1v) is 4.42. The molecule has 0 bridgehead atoms. The van der Waals surface area contributed by atoms with Gasteiger partial charge in [-0.1, -0.05) is 6.07 Å². The van der Waals surface area contributed by atoms with Gasteiger partial charge in [-0.05, 0) is 26.0 Å². The van der Waals surface area contributed by atoms with E-state index in [1.165, 1.54) is 33.1 Å². The van der Waals surface area contributed by atoms with Crippen LogP contribution in [0.15, 0.2) is 18.2 Å². The lowest BCUT2D eigenvalue weighted by atomic mass is 9.96. The first kappa shape index (κ1) is 11.5. The van der Waals surface area contributed by atoms with Crippen LogP contribution in [0.3, 0.4) is 0 Å². The average Bonchev–Trinajstić information content (AvgIpc) is 2.15. The summed E-state index contributed by atoms with van der Waals surface area (Å²) in [7, 11) is 1.36. The van der Waals surface area contributed by atoms with Crippen LogP contribution in [-0.2, 0) is 5.60 Å². The molecule has 0 heterocycles. The monoisotopic (exact) mass is 211 g/mol. The molecule has 0 aliphatic rings. The zero-order valence-corrected chi connectivity index (χ0v) is 8.85. The van der Waals surface area contributed by atoms with Crippen molar-refractivity contribution in [2.24, 2.45) is 0 Å². The summed E-state index contributed by atoms with van der Waals surface area (Å²) in [4.78, 5) is 10.3. The molecule has 0 saturated carbocycles. The molecule has 0 aliphatic carbocycles. The second-order valence-electron chi connectivity index (χ2n) is 3.67. The van der Waals surface area contributed by atoms with Crippen molar-refractivity contribution in [1.82, 2.24) is 0 Å². The minimum atomic E-state index is -1.27. The Hall–Kier alpha value is -1.62. The van der Waals surface area contributed by atoms with Gasteiger partial charge in [0.1, 0.15) is 0 Å². The molecule has 15 heavy (non-hydrogen) atoms. The van der Waals surface area contributed by atoms with Crippen molar-refractivity contribution in [1.29, 1.82) is 0 Å². The van der Waals surface area contributed by atoms with Gasteiger partial charge in [-0.2, -0.15) is 0 Å². The molecule has 0 atom stereocenters. The fourth-order valence-corrected chi connectivity index (χ4v) is 1.37. The van der Waals surface area contributed by atoms with Crippen LogP contribution in [0.2, 0.25) is 0 Å². The van der Waals surface area contributed by atoms with E-state index in [1.54, 1.807) is 6.07 Å². The Morgan fingerprint density at radius 2 is 2.07 bits per heavy atom. The Morgan fingerprint density at radius 1 is 1.47 bits per heavy atom. The highest BCUT2D eigenvalue weighted by molar-refractivity contribution is 5.54. The third kappa shape index (κ3) is 2.24. The molecule has 1 aromatic rings. The molecule has 0 radical (unpaired) electrons. The van der Waals surface area contributed by atoms with Crippen molar-refractivity contribution in [2.75, 3.05) is 7.11 Å². The van der Waals surface area contributed by atoms with Crippen LogP contribution in [0.25, 0.3) is 0 Å². The molecule has 0 fully saturated rings. The maximum absolute atomic E-state index is 10.9. The van der Waals surface area contributed by atoms with E-state index in [0.717, 1.165) is 0 Å². The zero-order chi connectivity index (χ0) is 11.6. The summed E-state index contributed by atoms with van der Waals surface area (Å²) in [5.41, 5.74) is -1.21. The minimum absolute atomic E-state index is 0.152. The van der Waals surface area contributed by atoms with Gasteiger partial charge in [0.05, 0.1) is 23.2 Å². The van der Waals surface area contributed by atoms with Crippen LogP contribution in [0, 0.1) is 10.1 Å². The molecule has 1 aromatic carbocycles. The summed E-state index contributed by atoms with van der Waals surface area (Å²) in [6.45, 7) is 2.99. The number of methoxy groups -OCH3 is 1. The standard InChI is InChI=1S/C10H13NO4/c1-10(2,12)7-5-4-6-8(15-3)9(7)11(13)14/h4-6,12H,1-3H3. The molecule has 0 aliphatic heterocycles. The second kappa shape index (κ2) is 3.86. The summed E-state index contributed by atoms with van der Waals surface area (Å²) in [6, 6.07) is 4.62. The number of nitrogens with zero attached hydrogens (tertiary/aromatic N) is 1. The van der Waals surface area contributed by atoms with Gasteiger partial charge in [-0.3, -0.25) is 10.1 Å². The van der Waals surface area contributed by atoms with Crippen LogP contribution in [0.4, 0.5) is 5.69 Å². The molecule has 1 N–H and O–H groups in total. The molecule has 1 rings (SSSR count). The Labute approximate surface area is 87.5 Å². The van der Waals surface area contributed by atoms with Gasteiger partial charge >= 0.3 is 5.69 Å². The third-order valence-corrected chi connectivity index (χ3v) is 2.06. The van der Waals surface area contributed by atoms with Crippen molar-refractivity contribution in [3.8, 4) is 5.75 Å². The first-order chi connectivity index (χ1) is 6.88. The van der Waals surface area contributed by atoms with Crippen molar-refractivity contribution < 1.29 is 14.8 Å². The second-order valence-corrected chi connectivity index (χ2v) is 3.67. The first-order valence-electron chi connectivity index (χ1n) is 4.42. The number of hydrogen-bond acceptors (Lipinski definition) is 4. The lowest BCUT2D eigenvalue weighted by Gasteiger charge is -2.18. The maximum atomic E-state index is 10.9. The lowest BCUT2D eigenvalue weighted by molar-refractivity contribution is -0.387. The Balaban J connectivity index is 3.46. The maximum Gasteiger partial charge on any atom is 0.316 e. The van der Waals surface area contributed by atoms with Crippen molar-refractivity contribution in [2.45, 2.75) is 19.4 Å². The van der Waals surface area contributed by atoms with E-state index in [-0.39, 0.29) is 17.0 Å². The van der Waals surface area contributed by atoms with Gasteiger partial charge in [0.25, 0.3) is 0 Å². The van der Waals surface area contributed by atoms with Gasteiger partial charge in [0.2, 0.25) is 0 Å². The molecule has 0 aromatic heterocycles. The van der Waals surface area contributed by atoms with Crippen LogP contribution < -0.4 is 4.74 Å². The Bertz CT molecular complexity index is 381. The van der Waals surface area contributed by atoms with E-state index < -0.39 is 10.5 Å². The molecule has 82 valence electrons. The number of para-hydroxylation sites is 1. The highest BCUT2D eigenvalue weighted by Gasteiger charge is 2.29. The van der Waals surface area contributed by atoms with Gasteiger partial charge in [-0.15, -0.1) is 0 Å². The van der Waals surface area contributed by atoms with Crippen LogP contribution in [0.1, 0.15) is 19.4 Å². The minimum Gasteiger partial charge on any atom is -0.490 e. The predicted octanol–water partition coefficient (Wildman–Crippen LogP) is 1.83. The number of aliphatic hydroxyl groups is 1. The predicted molar refractivity (Wildman–Crippen MR) is 54.9 cm³/mol. The number of rotatable bonds is 3. The van der Waals surface area contributed by atoms with E-state index >= 15 is 0 Å². The molecular formula is C10H13NO4. The number of ether oxygens (including phenoxy) is 1. The summed E-state index contributed by atoms with van der Waals surface area (Å²) in [5.74, 6) is 0.152. The summed E-state index contributed by atoms with van der Waals surface area (Å²) < 4.78 is 4.89. The molecule has 0 unspecified atom stereocenters. The summed E-state index contributed by atoms with van der Waals surface area (Å²) >= 11 is 0. The highest BCUT2D eigenvalue weighted by atomic mass is 16.6. The molecular weight excluding hydrogens is 198 g/mol. The van der Waals surface area contributed by atoms with E-state index in [9.17, 15) is 15.2 Å². The van der Waals surface area contributed by atoms with Crippen molar-refractivity contribution in [3.05, 3.63) is 33.9 Å². The normalized spacial score (nSPS) is 11.2. The van der Waals surface area contributed by atoms with Crippen LogP contribution in [-0.4, -0.2) is 17.1 Å². The quantitative estimate of drug-likeness (QED) is 0.611. The van der Waals surface area contributed by atoms with Crippen molar-refractivity contribution in [3.63, 3.8) is 0 Å². The molecule has 5 heteroatoms. The number of hydrogen-bond donors (Lipinski definition) is 1. The summed E-state index contributed by atoms with van der Waals surface area (Å²) in [6.07, 6.45) is 0. The average molecular weight is 211 g/mol. The van der Waals surface area contributed by atoms with Gasteiger partial charge in [-0.25, -0.2) is 0 Å². The van der Waals surface area contributed by atoms with E-state index in [4.69, 9.17) is 4.74 Å². The van der Waals surface area contributed by atoms with E-state index in [0.29, 0.717) is 0 Å². The fourth-order valence-electron chi connectivity index (χ4n) is 1.37. The molecule has 5 nitrogen and oxygen atoms in total. The number of nitro groups is 1. The fraction of sp³-hybridized carbons (Fsp3) is 0.400. The number of nitro benzene ring substituents is 1. The molecule has 0 saturated heterocycles. The largest absolute Gasteiger partial charge is 0.490 e. The van der Waals surface area contributed by atoms with E-state index in [1.807, 2.05) is 0 Å². The van der Waals surface area contributed by atoms with Crippen LogP contribution >= 0.6 is 0 Å². The van der Waals surface area contributed by atoms with Crippen molar-refractivity contribution >= 4 is 5.69 Å².